The van der Waals surface area contributed by atoms with Gasteiger partial charge in [0, 0.05) is 23.6 Å². The number of hydrogen-bond acceptors (Lipinski definition) is 6. The van der Waals surface area contributed by atoms with Crippen molar-refractivity contribution in [1.29, 1.82) is 0 Å². The van der Waals surface area contributed by atoms with Crippen LogP contribution in [-0.2, 0) is 25.5 Å². The second-order valence-electron chi connectivity index (χ2n) is 7.68. The third-order valence-corrected chi connectivity index (χ3v) is 5.67. The minimum Gasteiger partial charge on any atom is -0.507 e. The van der Waals surface area contributed by atoms with Crippen molar-refractivity contribution in [3.8, 4) is 0 Å². The number of pyridine rings is 1. The summed E-state index contributed by atoms with van der Waals surface area (Å²) in [6.45, 7) is 1.89. The molecule has 2 heterocycles. The molecule has 1 aromatic heterocycles. The number of aliphatic hydroxyl groups excluding tert-OH is 1. The number of amides is 1. The van der Waals surface area contributed by atoms with Gasteiger partial charge in [0.05, 0.1) is 25.1 Å². The van der Waals surface area contributed by atoms with Crippen molar-refractivity contribution >= 4 is 29.1 Å². The molecule has 166 valence electrons. The number of aliphatic hydroxyl groups is 1. The lowest BCUT2D eigenvalue weighted by Gasteiger charge is -2.26. The molecule has 7 nitrogen and oxygen atoms in total. The summed E-state index contributed by atoms with van der Waals surface area (Å²) in [5.41, 5.74) is 3.21. The van der Waals surface area contributed by atoms with E-state index in [9.17, 15) is 19.5 Å². The highest BCUT2D eigenvalue weighted by Gasteiger charge is 2.47. The zero-order chi connectivity index (χ0) is 23.5. The minimum absolute atomic E-state index is 0.0131. The first-order valence-corrected chi connectivity index (χ1v) is 10.3. The molecule has 1 amide bonds. The molecule has 1 atom stereocenters. The molecule has 0 radical (unpaired) electrons. The van der Waals surface area contributed by atoms with E-state index in [1.807, 2.05) is 31.2 Å². The van der Waals surface area contributed by atoms with Crippen LogP contribution in [0, 0.1) is 6.92 Å². The topological polar surface area (TPSA) is 96.8 Å². The van der Waals surface area contributed by atoms with Gasteiger partial charge in [-0.1, -0.05) is 36.4 Å². The normalized spacial score (nSPS) is 17.3. The number of methoxy groups -OCH3 is 1. The minimum atomic E-state index is -0.814. The van der Waals surface area contributed by atoms with Crippen LogP contribution in [0.25, 0.3) is 5.76 Å². The van der Waals surface area contributed by atoms with Crippen molar-refractivity contribution in [1.82, 2.24) is 4.98 Å². The number of ether oxygens (including phenoxy) is 1. The van der Waals surface area contributed by atoms with Crippen molar-refractivity contribution in [3.05, 3.63) is 101 Å². The van der Waals surface area contributed by atoms with Crippen molar-refractivity contribution in [2.75, 3.05) is 12.0 Å². The molecule has 1 fully saturated rings. The van der Waals surface area contributed by atoms with Gasteiger partial charge in [0.1, 0.15) is 5.76 Å². The Hall–Kier alpha value is -4.26. The molecule has 1 saturated heterocycles. The van der Waals surface area contributed by atoms with E-state index >= 15 is 0 Å². The van der Waals surface area contributed by atoms with Crippen molar-refractivity contribution in [3.63, 3.8) is 0 Å². The van der Waals surface area contributed by atoms with E-state index in [4.69, 9.17) is 4.74 Å². The zero-order valence-corrected chi connectivity index (χ0v) is 18.2. The number of nitrogens with zero attached hydrogens (tertiary/aromatic N) is 2. The number of esters is 1. The zero-order valence-electron chi connectivity index (χ0n) is 18.2. The molecule has 2 aromatic carbocycles. The van der Waals surface area contributed by atoms with Gasteiger partial charge in [-0.3, -0.25) is 24.3 Å². The first kappa shape index (κ1) is 22.0. The monoisotopic (exact) mass is 442 g/mol. The van der Waals surface area contributed by atoms with E-state index < -0.39 is 17.7 Å². The van der Waals surface area contributed by atoms with Crippen LogP contribution in [0.3, 0.4) is 0 Å². The molecular weight excluding hydrogens is 420 g/mol. The van der Waals surface area contributed by atoms with Crippen LogP contribution >= 0.6 is 0 Å². The highest BCUT2D eigenvalue weighted by Crippen LogP contribution is 2.43. The maximum atomic E-state index is 13.2. The number of benzene rings is 2. The number of Topliss-reactive ketones (excluding diaryl/α,β-unsaturated/α-hetero) is 1. The van der Waals surface area contributed by atoms with Gasteiger partial charge in [0.2, 0.25) is 0 Å². The Morgan fingerprint density at radius 3 is 2.33 bits per heavy atom. The van der Waals surface area contributed by atoms with Gasteiger partial charge in [-0.15, -0.1) is 0 Å². The van der Waals surface area contributed by atoms with Crippen molar-refractivity contribution in [2.24, 2.45) is 0 Å². The van der Waals surface area contributed by atoms with E-state index in [1.54, 1.807) is 36.4 Å². The fraction of sp³-hybridized carbons (Fsp3) is 0.154. The van der Waals surface area contributed by atoms with Gasteiger partial charge in [0.15, 0.2) is 0 Å². The number of rotatable bonds is 5. The quantitative estimate of drug-likeness (QED) is 0.280. The summed E-state index contributed by atoms with van der Waals surface area (Å²) in [6, 6.07) is 16.6. The summed E-state index contributed by atoms with van der Waals surface area (Å²) < 4.78 is 4.70. The van der Waals surface area contributed by atoms with Gasteiger partial charge < -0.3 is 9.84 Å². The Kier molecular flexibility index (Phi) is 6.04. The average Bonchev–Trinajstić information content (AvgIpc) is 3.10. The number of carbonyl (C=O) groups excluding carboxylic acids is 3. The predicted molar refractivity (Wildman–Crippen MR) is 122 cm³/mol. The summed E-state index contributed by atoms with van der Waals surface area (Å²) in [6.07, 6.45) is 3.11. The maximum Gasteiger partial charge on any atom is 0.309 e. The van der Waals surface area contributed by atoms with Crippen LogP contribution in [-0.4, -0.2) is 34.9 Å². The van der Waals surface area contributed by atoms with Gasteiger partial charge in [-0.25, -0.2) is 0 Å². The Morgan fingerprint density at radius 2 is 1.70 bits per heavy atom. The first-order valence-electron chi connectivity index (χ1n) is 10.3. The van der Waals surface area contributed by atoms with Gasteiger partial charge in [-0.05, 0) is 47.9 Å². The average molecular weight is 442 g/mol. The molecular formula is C26H22N2O5. The number of carbonyl (C=O) groups is 3. The maximum absolute atomic E-state index is 13.2. The van der Waals surface area contributed by atoms with Crippen molar-refractivity contribution in [2.45, 2.75) is 19.4 Å². The Morgan fingerprint density at radius 1 is 1.03 bits per heavy atom. The second kappa shape index (κ2) is 9.08. The number of anilines is 1. The van der Waals surface area contributed by atoms with Crippen LogP contribution in [0.15, 0.2) is 78.6 Å². The van der Waals surface area contributed by atoms with Crippen LogP contribution < -0.4 is 4.90 Å². The lowest BCUT2D eigenvalue weighted by molar-refractivity contribution is -0.139. The highest BCUT2D eigenvalue weighted by molar-refractivity contribution is 6.51. The fourth-order valence-electron chi connectivity index (χ4n) is 3.97. The molecule has 0 saturated carbocycles. The van der Waals surface area contributed by atoms with Gasteiger partial charge >= 0.3 is 5.97 Å². The van der Waals surface area contributed by atoms with E-state index in [-0.39, 0.29) is 23.7 Å². The molecule has 0 aliphatic carbocycles. The summed E-state index contributed by atoms with van der Waals surface area (Å²) in [5, 5.41) is 11.1. The number of hydrogen-bond donors (Lipinski definition) is 1. The lowest BCUT2D eigenvalue weighted by Crippen LogP contribution is -2.29. The van der Waals surface area contributed by atoms with Crippen molar-refractivity contribution < 1.29 is 24.2 Å². The summed E-state index contributed by atoms with van der Waals surface area (Å²) in [5.74, 6) is -2.13. The van der Waals surface area contributed by atoms with Crippen LogP contribution in [0.5, 0.6) is 0 Å². The standard InChI is InChI=1S/C26H22N2O5/c1-16-5-3-4-6-20(16)23-22(24(30)18-11-13-27-14-12-18)25(31)26(32)28(23)19-9-7-17(8-10-19)15-21(29)33-2/h3-14,23,30H,15H2,1-2H3/b24-22-. The summed E-state index contributed by atoms with van der Waals surface area (Å²) >= 11 is 0. The molecule has 0 bridgehead atoms. The number of aromatic nitrogens is 1. The molecule has 1 N–H and O–H groups in total. The first-order chi connectivity index (χ1) is 15.9. The van der Waals surface area contributed by atoms with Crippen LogP contribution in [0.4, 0.5) is 5.69 Å². The molecule has 3 aromatic rings. The summed E-state index contributed by atoms with van der Waals surface area (Å²) in [4.78, 5) is 43.3. The predicted octanol–water partition coefficient (Wildman–Crippen LogP) is 3.73. The number of aryl methyl sites for hydroxylation is 1. The van der Waals surface area contributed by atoms with Gasteiger partial charge in [0.25, 0.3) is 11.7 Å². The molecule has 1 unspecified atom stereocenters. The summed E-state index contributed by atoms with van der Waals surface area (Å²) in [7, 11) is 1.32. The van der Waals surface area contributed by atoms with Gasteiger partial charge in [-0.2, -0.15) is 0 Å². The number of ketones is 1. The molecule has 7 heteroatoms. The fourth-order valence-corrected chi connectivity index (χ4v) is 3.97. The second-order valence-corrected chi connectivity index (χ2v) is 7.68. The van der Waals surface area contributed by atoms with E-state index in [2.05, 4.69) is 4.98 Å². The smallest absolute Gasteiger partial charge is 0.309 e. The molecule has 1 aliphatic rings. The Labute approximate surface area is 191 Å². The third kappa shape index (κ3) is 4.13. The highest BCUT2D eigenvalue weighted by atomic mass is 16.5. The lowest BCUT2D eigenvalue weighted by atomic mass is 9.92. The van der Waals surface area contributed by atoms with E-state index in [0.29, 0.717) is 16.8 Å². The van der Waals surface area contributed by atoms with E-state index in [1.165, 1.54) is 24.4 Å². The van der Waals surface area contributed by atoms with Crippen LogP contribution in [0.1, 0.15) is 28.3 Å². The molecule has 4 rings (SSSR count). The van der Waals surface area contributed by atoms with Crippen LogP contribution in [0.2, 0.25) is 0 Å². The Bertz CT molecular complexity index is 1250. The molecule has 1 aliphatic heterocycles. The van der Waals surface area contributed by atoms with E-state index in [0.717, 1.165) is 11.1 Å². The third-order valence-electron chi connectivity index (χ3n) is 5.67. The largest absolute Gasteiger partial charge is 0.507 e. The molecule has 0 spiro atoms. The Balaban J connectivity index is 1.86. The molecule has 33 heavy (non-hydrogen) atoms. The SMILES string of the molecule is COC(=O)Cc1ccc(N2C(=O)C(=O)/C(=C(\O)c3ccncc3)C2c2ccccc2C)cc1.